The van der Waals surface area contributed by atoms with E-state index in [0.29, 0.717) is 0 Å². The van der Waals surface area contributed by atoms with Crippen LogP contribution in [0.1, 0.15) is 31.2 Å². The minimum absolute atomic E-state index is 0.536. The number of rotatable bonds is 3. The van der Waals surface area contributed by atoms with Gasteiger partial charge in [-0.05, 0) is 39.8 Å². The molecule has 0 atom stereocenters. The fraction of sp³-hybridized carbons (Fsp3) is 0.769. The standard InChI is InChI=1S/C13H23N3O/c1-4-16-12(9-11(2)14-16)10-13(17)5-7-15(3)8-6-13/h9,17H,4-8,10H2,1-3H3. The number of aryl methyl sites for hydroxylation is 2. The number of nitrogens with zero attached hydrogens (tertiary/aromatic N) is 3. The minimum atomic E-state index is -0.536. The molecule has 2 rings (SSSR count). The minimum Gasteiger partial charge on any atom is -0.389 e. The topological polar surface area (TPSA) is 41.3 Å². The summed E-state index contributed by atoms with van der Waals surface area (Å²) in [6.07, 6.45) is 2.45. The Balaban J connectivity index is 2.09. The van der Waals surface area contributed by atoms with Crippen molar-refractivity contribution >= 4 is 0 Å². The van der Waals surface area contributed by atoms with Crippen LogP contribution < -0.4 is 0 Å². The average molecular weight is 237 g/mol. The van der Waals surface area contributed by atoms with E-state index in [9.17, 15) is 5.11 Å². The molecule has 0 saturated carbocycles. The zero-order chi connectivity index (χ0) is 12.5. The zero-order valence-electron chi connectivity index (χ0n) is 11.1. The largest absolute Gasteiger partial charge is 0.389 e. The Hall–Kier alpha value is -0.870. The monoisotopic (exact) mass is 237 g/mol. The molecule has 1 aliphatic heterocycles. The van der Waals surface area contributed by atoms with Gasteiger partial charge in [0.15, 0.2) is 0 Å². The predicted octanol–water partition coefficient (Wildman–Crippen LogP) is 1.21. The third-order valence-electron chi connectivity index (χ3n) is 3.71. The van der Waals surface area contributed by atoms with Crippen LogP contribution in [0, 0.1) is 6.92 Å². The first-order valence-electron chi connectivity index (χ1n) is 6.47. The van der Waals surface area contributed by atoms with Crippen molar-refractivity contribution in [2.24, 2.45) is 0 Å². The third-order valence-corrected chi connectivity index (χ3v) is 3.71. The third kappa shape index (κ3) is 2.87. The summed E-state index contributed by atoms with van der Waals surface area (Å²) < 4.78 is 2.01. The average Bonchev–Trinajstić information content (AvgIpc) is 2.63. The highest BCUT2D eigenvalue weighted by atomic mass is 16.3. The van der Waals surface area contributed by atoms with Crippen molar-refractivity contribution in [3.63, 3.8) is 0 Å². The Labute approximate surface area is 103 Å². The highest BCUT2D eigenvalue weighted by Crippen LogP contribution is 2.26. The molecule has 0 spiro atoms. The molecule has 0 aromatic carbocycles. The lowest BCUT2D eigenvalue weighted by molar-refractivity contribution is -0.0164. The molecule has 96 valence electrons. The van der Waals surface area contributed by atoms with Gasteiger partial charge < -0.3 is 10.0 Å². The van der Waals surface area contributed by atoms with Crippen LogP contribution in [-0.2, 0) is 13.0 Å². The summed E-state index contributed by atoms with van der Waals surface area (Å²) >= 11 is 0. The van der Waals surface area contributed by atoms with Crippen LogP contribution in [0.2, 0.25) is 0 Å². The fourth-order valence-corrected chi connectivity index (χ4v) is 2.56. The van der Waals surface area contributed by atoms with Gasteiger partial charge in [0, 0.05) is 31.7 Å². The summed E-state index contributed by atoms with van der Waals surface area (Å²) in [5.74, 6) is 0. The number of hydrogen-bond donors (Lipinski definition) is 1. The number of likely N-dealkylation sites (tertiary alicyclic amines) is 1. The molecular formula is C13H23N3O. The molecule has 0 amide bonds. The highest BCUT2D eigenvalue weighted by Gasteiger charge is 2.32. The lowest BCUT2D eigenvalue weighted by Gasteiger charge is -2.36. The summed E-state index contributed by atoms with van der Waals surface area (Å²) in [5.41, 5.74) is 1.67. The molecule has 1 aromatic rings. The molecule has 0 unspecified atom stereocenters. The Bertz CT molecular complexity index is 378. The maximum absolute atomic E-state index is 10.6. The van der Waals surface area contributed by atoms with Gasteiger partial charge in [0.1, 0.15) is 0 Å². The lowest BCUT2D eigenvalue weighted by atomic mass is 9.87. The van der Waals surface area contributed by atoms with E-state index in [4.69, 9.17) is 0 Å². The van der Waals surface area contributed by atoms with Crippen LogP contribution in [0.15, 0.2) is 6.07 Å². The van der Waals surface area contributed by atoms with Crippen LogP contribution in [0.5, 0.6) is 0 Å². The van der Waals surface area contributed by atoms with Crippen molar-refractivity contribution in [2.75, 3.05) is 20.1 Å². The summed E-state index contributed by atoms with van der Waals surface area (Å²) in [6, 6.07) is 2.10. The normalized spacial score (nSPS) is 20.7. The van der Waals surface area contributed by atoms with Crippen molar-refractivity contribution in [3.8, 4) is 0 Å². The molecule has 1 aliphatic rings. The van der Waals surface area contributed by atoms with E-state index >= 15 is 0 Å². The van der Waals surface area contributed by atoms with E-state index in [1.165, 1.54) is 0 Å². The van der Waals surface area contributed by atoms with E-state index in [1.54, 1.807) is 0 Å². The van der Waals surface area contributed by atoms with E-state index in [2.05, 4.69) is 30.0 Å². The predicted molar refractivity (Wildman–Crippen MR) is 68.0 cm³/mol. The Kier molecular flexibility index (Phi) is 3.54. The van der Waals surface area contributed by atoms with Crippen molar-refractivity contribution in [1.82, 2.24) is 14.7 Å². The first-order chi connectivity index (χ1) is 8.02. The van der Waals surface area contributed by atoms with Gasteiger partial charge in [-0.1, -0.05) is 0 Å². The quantitative estimate of drug-likeness (QED) is 0.859. The lowest BCUT2D eigenvalue weighted by Crippen LogP contribution is -2.44. The van der Waals surface area contributed by atoms with Gasteiger partial charge in [-0.15, -0.1) is 0 Å². The van der Waals surface area contributed by atoms with Crippen molar-refractivity contribution in [1.29, 1.82) is 0 Å². The Morgan fingerprint density at radius 1 is 1.41 bits per heavy atom. The van der Waals surface area contributed by atoms with E-state index < -0.39 is 5.60 Å². The molecule has 4 nitrogen and oxygen atoms in total. The summed E-state index contributed by atoms with van der Waals surface area (Å²) in [4.78, 5) is 2.27. The first kappa shape index (κ1) is 12.6. The molecule has 1 saturated heterocycles. The SMILES string of the molecule is CCn1nc(C)cc1CC1(O)CCN(C)CC1. The van der Waals surface area contributed by atoms with Gasteiger partial charge in [0.05, 0.1) is 11.3 Å². The van der Waals surface area contributed by atoms with Crippen molar-refractivity contribution in [2.45, 2.75) is 45.3 Å². The Morgan fingerprint density at radius 2 is 2.06 bits per heavy atom. The van der Waals surface area contributed by atoms with Gasteiger partial charge in [-0.2, -0.15) is 5.10 Å². The van der Waals surface area contributed by atoms with Gasteiger partial charge in [0.25, 0.3) is 0 Å². The molecule has 2 heterocycles. The first-order valence-corrected chi connectivity index (χ1v) is 6.47. The molecule has 17 heavy (non-hydrogen) atoms. The van der Waals surface area contributed by atoms with Gasteiger partial charge >= 0.3 is 0 Å². The van der Waals surface area contributed by atoms with Crippen molar-refractivity contribution < 1.29 is 5.11 Å². The molecule has 0 bridgehead atoms. The molecular weight excluding hydrogens is 214 g/mol. The van der Waals surface area contributed by atoms with Crippen LogP contribution in [0.4, 0.5) is 0 Å². The maximum atomic E-state index is 10.6. The molecule has 1 aromatic heterocycles. The second kappa shape index (κ2) is 4.78. The molecule has 0 radical (unpaired) electrons. The molecule has 1 fully saturated rings. The number of piperidine rings is 1. The zero-order valence-corrected chi connectivity index (χ0v) is 11.1. The number of aromatic nitrogens is 2. The summed E-state index contributed by atoms with van der Waals surface area (Å²) in [7, 11) is 2.11. The van der Waals surface area contributed by atoms with Crippen LogP contribution >= 0.6 is 0 Å². The second-order valence-corrected chi connectivity index (χ2v) is 5.30. The molecule has 4 heteroatoms. The summed E-state index contributed by atoms with van der Waals surface area (Å²) in [5, 5.41) is 15.0. The smallest absolute Gasteiger partial charge is 0.0727 e. The van der Waals surface area contributed by atoms with Gasteiger partial charge in [-0.3, -0.25) is 4.68 Å². The van der Waals surface area contributed by atoms with Crippen LogP contribution in [0.3, 0.4) is 0 Å². The van der Waals surface area contributed by atoms with Gasteiger partial charge in [0.2, 0.25) is 0 Å². The van der Waals surface area contributed by atoms with Crippen molar-refractivity contribution in [3.05, 3.63) is 17.5 Å². The Morgan fingerprint density at radius 3 is 2.65 bits per heavy atom. The summed E-state index contributed by atoms with van der Waals surface area (Å²) in [6.45, 7) is 6.94. The fourth-order valence-electron chi connectivity index (χ4n) is 2.56. The van der Waals surface area contributed by atoms with E-state index in [-0.39, 0.29) is 0 Å². The second-order valence-electron chi connectivity index (χ2n) is 5.30. The van der Waals surface area contributed by atoms with Crippen LogP contribution in [0.25, 0.3) is 0 Å². The van der Waals surface area contributed by atoms with E-state index in [0.717, 1.165) is 50.3 Å². The van der Waals surface area contributed by atoms with E-state index in [1.807, 2.05) is 11.6 Å². The van der Waals surface area contributed by atoms with Crippen LogP contribution in [-0.4, -0.2) is 45.5 Å². The molecule has 0 aliphatic carbocycles. The number of hydrogen-bond acceptors (Lipinski definition) is 3. The van der Waals surface area contributed by atoms with Gasteiger partial charge in [-0.25, -0.2) is 0 Å². The highest BCUT2D eigenvalue weighted by molar-refractivity contribution is 5.12. The maximum Gasteiger partial charge on any atom is 0.0727 e. The number of aliphatic hydroxyl groups is 1. The molecule has 1 N–H and O–H groups in total.